The van der Waals surface area contributed by atoms with E-state index < -0.39 is 0 Å². The molecule has 0 saturated carbocycles. The van der Waals surface area contributed by atoms with E-state index in [1.165, 1.54) is 5.56 Å². The molecule has 0 fully saturated rings. The first kappa shape index (κ1) is 14.7. The van der Waals surface area contributed by atoms with Gasteiger partial charge < -0.3 is 10.5 Å². The molecule has 0 aliphatic rings. The van der Waals surface area contributed by atoms with Gasteiger partial charge in [0.2, 0.25) is 0 Å². The first-order valence-electron chi connectivity index (χ1n) is 6.61. The van der Waals surface area contributed by atoms with Gasteiger partial charge in [-0.15, -0.1) is 0 Å². The molecule has 2 aromatic rings. The molecule has 0 amide bonds. The molecule has 2 rings (SSSR count). The van der Waals surface area contributed by atoms with Gasteiger partial charge in [-0.05, 0) is 41.7 Å². The van der Waals surface area contributed by atoms with Crippen LogP contribution in [0.4, 0.5) is 5.69 Å². The van der Waals surface area contributed by atoms with Crippen molar-refractivity contribution in [3.63, 3.8) is 0 Å². The van der Waals surface area contributed by atoms with E-state index in [2.05, 4.69) is 32.9 Å². The number of ether oxygens (including phenoxy) is 1. The summed E-state index contributed by atoms with van der Waals surface area (Å²) in [7, 11) is 0. The van der Waals surface area contributed by atoms with Crippen LogP contribution in [0, 0.1) is 6.92 Å². The molecule has 20 heavy (non-hydrogen) atoms. The zero-order chi connectivity index (χ0) is 14.9. The van der Waals surface area contributed by atoms with Gasteiger partial charge in [0.25, 0.3) is 0 Å². The third-order valence-corrected chi connectivity index (χ3v) is 3.47. The number of hydrogen-bond acceptors (Lipinski definition) is 2. The maximum absolute atomic E-state index is 5.97. The van der Waals surface area contributed by atoms with Gasteiger partial charge in [0, 0.05) is 11.1 Å². The Bertz CT molecular complexity index is 629. The van der Waals surface area contributed by atoms with E-state index >= 15 is 0 Å². The highest BCUT2D eigenvalue weighted by atomic mass is 35.5. The summed E-state index contributed by atoms with van der Waals surface area (Å²) in [6, 6.07) is 11.4. The summed E-state index contributed by atoms with van der Waals surface area (Å²) in [6.45, 7) is 8.61. The molecule has 0 aliphatic heterocycles. The van der Waals surface area contributed by atoms with Gasteiger partial charge in [0.1, 0.15) is 5.75 Å². The molecular weight excluding hydrogens is 270 g/mol. The lowest BCUT2D eigenvalue weighted by Crippen LogP contribution is -2.11. The van der Waals surface area contributed by atoms with E-state index in [4.69, 9.17) is 22.1 Å². The standard InChI is InChI=1S/C17H20ClNO/c1-11-9-12(17(2,3)4)5-8-15(11)20-16-10-13(18)6-7-14(16)19/h5-10H,19H2,1-4H3. The highest BCUT2D eigenvalue weighted by Crippen LogP contribution is 2.33. The molecule has 0 aliphatic carbocycles. The van der Waals surface area contributed by atoms with Gasteiger partial charge in [-0.3, -0.25) is 0 Å². The van der Waals surface area contributed by atoms with Crippen LogP contribution in [-0.2, 0) is 5.41 Å². The molecule has 2 N–H and O–H groups in total. The molecule has 106 valence electrons. The quantitative estimate of drug-likeness (QED) is 0.759. The third-order valence-electron chi connectivity index (χ3n) is 3.24. The number of halogens is 1. The van der Waals surface area contributed by atoms with Crippen molar-refractivity contribution in [1.29, 1.82) is 0 Å². The van der Waals surface area contributed by atoms with Crippen LogP contribution in [0.2, 0.25) is 5.02 Å². The Labute approximate surface area is 125 Å². The second-order valence-electron chi connectivity index (χ2n) is 6.01. The summed E-state index contributed by atoms with van der Waals surface area (Å²) < 4.78 is 5.88. The van der Waals surface area contributed by atoms with Gasteiger partial charge >= 0.3 is 0 Å². The van der Waals surface area contributed by atoms with Gasteiger partial charge in [0.15, 0.2) is 5.75 Å². The number of aryl methyl sites for hydroxylation is 1. The van der Waals surface area contributed by atoms with Crippen LogP contribution in [0.15, 0.2) is 36.4 Å². The van der Waals surface area contributed by atoms with Gasteiger partial charge in [0.05, 0.1) is 5.69 Å². The lowest BCUT2D eigenvalue weighted by molar-refractivity contribution is 0.480. The first-order valence-corrected chi connectivity index (χ1v) is 6.99. The molecular formula is C17H20ClNO. The zero-order valence-electron chi connectivity index (χ0n) is 12.3. The second kappa shape index (κ2) is 5.37. The summed E-state index contributed by atoms with van der Waals surface area (Å²) in [6.07, 6.45) is 0. The molecule has 0 unspecified atom stereocenters. The van der Waals surface area contributed by atoms with E-state index in [0.29, 0.717) is 16.5 Å². The number of benzene rings is 2. The van der Waals surface area contributed by atoms with Crippen LogP contribution >= 0.6 is 11.6 Å². The van der Waals surface area contributed by atoms with E-state index in [-0.39, 0.29) is 5.41 Å². The predicted molar refractivity (Wildman–Crippen MR) is 85.8 cm³/mol. The summed E-state index contributed by atoms with van der Waals surface area (Å²) in [5.74, 6) is 1.39. The highest BCUT2D eigenvalue weighted by molar-refractivity contribution is 6.30. The molecule has 0 heterocycles. The van der Waals surface area contributed by atoms with Crippen molar-refractivity contribution in [1.82, 2.24) is 0 Å². The lowest BCUT2D eigenvalue weighted by atomic mass is 9.86. The van der Waals surface area contributed by atoms with Crippen LogP contribution in [0.25, 0.3) is 0 Å². The normalized spacial score (nSPS) is 11.4. The topological polar surface area (TPSA) is 35.2 Å². The average Bonchev–Trinajstić information content (AvgIpc) is 2.35. The Kier molecular flexibility index (Phi) is 3.96. The SMILES string of the molecule is Cc1cc(C(C)(C)C)ccc1Oc1cc(Cl)ccc1N. The Morgan fingerprint density at radius 3 is 2.30 bits per heavy atom. The maximum atomic E-state index is 5.97. The molecule has 0 aromatic heterocycles. The summed E-state index contributed by atoms with van der Waals surface area (Å²) >= 11 is 5.97. The zero-order valence-corrected chi connectivity index (χ0v) is 13.1. The Hall–Kier alpha value is -1.67. The minimum atomic E-state index is 0.123. The minimum absolute atomic E-state index is 0.123. The van der Waals surface area contributed by atoms with Crippen LogP contribution in [0.1, 0.15) is 31.9 Å². The van der Waals surface area contributed by atoms with Crippen LogP contribution in [-0.4, -0.2) is 0 Å². The Morgan fingerprint density at radius 2 is 1.70 bits per heavy atom. The first-order chi connectivity index (χ1) is 9.27. The minimum Gasteiger partial charge on any atom is -0.455 e. The maximum Gasteiger partial charge on any atom is 0.151 e. The van der Waals surface area contributed by atoms with Crippen molar-refractivity contribution in [3.05, 3.63) is 52.5 Å². The van der Waals surface area contributed by atoms with Crippen molar-refractivity contribution in [2.75, 3.05) is 5.73 Å². The monoisotopic (exact) mass is 289 g/mol. The fourth-order valence-electron chi connectivity index (χ4n) is 1.95. The Morgan fingerprint density at radius 1 is 1.00 bits per heavy atom. The molecule has 3 heteroatoms. The van der Waals surface area contributed by atoms with Gasteiger partial charge in [-0.2, -0.15) is 0 Å². The van der Waals surface area contributed by atoms with Crippen LogP contribution in [0.5, 0.6) is 11.5 Å². The van der Waals surface area contributed by atoms with Crippen molar-refractivity contribution in [2.45, 2.75) is 33.1 Å². The second-order valence-corrected chi connectivity index (χ2v) is 6.45. The van der Waals surface area contributed by atoms with E-state index in [9.17, 15) is 0 Å². The fourth-order valence-corrected chi connectivity index (χ4v) is 2.11. The fraction of sp³-hybridized carbons (Fsp3) is 0.294. The predicted octanol–water partition coefficient (Wildman–Crippen LogP) is 5.32. The molecule has 0 spiro atoms. The molecule has 2 aromatic carbocycles. The molecule has 0 radical (unpaired) electrons. The third kappa shape index (κ3) is 3.26. The smallest absolute Gasteiger partial charge is 0.151 e. The van der Waals surface area contributed by atoms with Crippen LogP contribution < -0.4 is 10.5 Å². The number of hydrogen-bond donors (Lipinski definition) is 1. The van der Waals surface area contributed by atoms with Crippen molar-refractivity contribution in [2.24, 2.45) is 0 Å². The number of nitrogen functional groups attached to an aromatic ring is 1. The van der Waals surface area contributed by atoms with Gasteiger partial charge in [-0.1, -0.05) is 44.5 Å². The summed E-state index contributed by atoms with van der Waals surface area (Å²) in [5.41, 5.74) is 8.96. The van der Waals surface area contributed by atoms with Crippen molar-refractivity contribution < 1.29 is 4.74 Å². The number of rotatable bonds is 2. The molecule has 0 bridgehead atoms. The summed E-state index contributed by atoms with van der Waals surface area (Å²) in [5, 5.41) is 0.609. The van der Waals surface area contributed by atoms with E-state index in [1.807, 2.05) is 13.0 Å². The van der Waals surface area contributed by atoms with Gasteiger partial charge in [-0.25, -0.2) is 0 Å². The Balaban J connectivity index is 2.33. The van der Waals surface area contributed by atoms with Crippen molar-refractivity contribution in [3.8, 4) is 11.5 Å². The largest absolute Gasteiger partial charge is 0.455 e. The van der Waals surface area contributed by atoms with Crippen molar-refractivity contribution >= 4 is 17.3 Å². The molecule has 0 saturated heterocycles. The van der Waals surface area contributed by atoms with E-state index in [0.717, 1.165) is 11.3 Å². The summed E-state index contributed by atoms with van der Waals surface area (Å²) in [4.78, 5) is 0. The number of nitrogens with two attached hydrogens (primary N) is 1. The molecule has 0 atom stereocenters. The van der Waals surface area contributed by atoms with Crippen LogP contribution in [0.3, 0.4) is 0 Å². The van der Waals surface area contributed by atoms with E-state index in [1.54, 1.807) is 18.2 Å². The average molecular weight is 290 g/mol. The molecule has 2 nitrogen and oxygen atoms in total. The lowest BCUT2D eigenvalue weighted by Gasteiger charge is -2.20. The number of anilines is 1. The highest BCUT2D eigenvalue weighted by Gasteiger charge is 2.15.